The van der Waals surface area contributed by atoms with Gasteiger partial charge in [-0.15, -0.1) is 11.8 Å². The van der Waals surface area contributed by atoms with Crippen LogP contribution in [0, 0.1) is 10.1 Å². The lowest BCUT2D eigenvalue weighted by Crippen LogP contribution is -2.14. The van der Waals surface area contributed by atoms with Crippen molar-refractivity contribution >= 4 is 39.8 Å². The van der Waals surface area contributed by atoms with E-state index < -0.39 is 4.92 Å². The van der Waals surface area contributed by atoms with Crippen molar-refractivity contribution in [2.75, 3.05) is 5.32 Å². The van der Waals surface area contributed by atoms with Crippen LogP contribution < -0.4 is 5.32 Å². The van der Waals surface area contributed by atoms with Gasteiger partial charge in [-0.2, -0.15) is 0 Å². The summed E-state index contributed by atoms with van der Waals surface area (Å²) in [5, 5.41) is 14.0. The Kier molecular flexibility index (Phi) is 6.42. The van der Waals surface area contributed by atoms with E-state index in [1.54, 1.807) is 24.5 Å². The zero-order chi connectivity index (χ0) is 20.1. The molecule has 0 aliphatic heterocycles. The Morgan fingerprint density at radius 1 is 1.36 bits per heavy atom. The van der Waals surface area contributed by atoms with Crippen molar-refractivity contribution in [3.63, 3.8) is 0 Å². The number of amides is 1. The summed E-state index contributed by atoms with van der Waals surface area (Å²) in [6.07, 6.45) is 3.47. The third kappa shape index (κ3) is 5.40. The molecule has 0 fully saturated rings. The molecule has 1 amide bonds. The number of oxazole rings is 1. The Labute approximate surface area is 169 Å². The zero-order valence-corrected chi connectivity index (χ0v) is 16.9. The summed E-state index contributed by atoms with van der Waals surface area (Å²) in [6.45, 7) is 4.09. The number of nitro groups is 1. The second-order valence-corrected chi connectivity index (χ2v) is 8.54. The van der Waals surface area contributed by atoms with Crippen LogP contribution in [-0.2, 0) is 17.0 Å². The minimum absolute atomic E-state index is 0.0367. The maximum absolute atomic E-state index is 12.2. The monoisotopic (exact) mass is 418 g/mol. The number of hydrogen-bond donors (Lipinski definition) is 1. The fraction of sp³-hybridized carbons (Fsp3) is 0.278. The average Bonchev–Trinajstić information content (AvgIpc) is 3.29. The van der Waals surface area contributed by atoms with Crippen LogP contribution in [-0.4, -0.2) is 20.8 Å². The number of nitro benzene ring substituents is 1. The summed E-state index contributed by atoms with van der Waals surface area (Å²) >= 11 is 2.88. The van der Waals surface area contributed by atoms with Gasteiger partial charge in [0.05, 0.1) is 33.7 Å². The molecule has 1 aromatic carbocycles. The van der Waals surface area contributed by atoms with Crippen LogP contribution >= 0.6 is 23.1 Å². The number of carbonyl (C=O) groups is 1. The molecule has 0 aliphatic rings. The summed E-state index contributed by atoms with van der Waals surface area (Å²) < 4.78 is 6.59. The Balaban J connectivity index is 1.53. The zero-order valence-electron chi connectivity index (χ0n) is 15.2. The minimum Gasteiger partial charge on any atom is -0.445 e. The first kappa shape index (κ1) is 20.0. The quantitative estimate of drug-likeness (QED) is 0.322. The number of nitrogens with one attached hydrogen (secondary N) is 1. The van der Waals surface area contributed by atoms with Gasteiger partial charge in [0, 0.05) is 18.1 Å². The fourth-order valence-electron chi connectivity index (χ4n) is 2.30. The van der Waals surface area contributed by atoms with Gasteiger partial charge in [-0.3, -0.25) is 14.9 Å². The number of thiazole rings is 1. The van der Waals surface area contributed by atoms with Crippen LogP contribution in [0.3, 0.4) is 0 Å². The molecule has 0 atom stereocenters. The molecule has 2 aromatic heterocycles. The van der Waals surface area contributed by atoms with Crippen LogP contribution in [0.1, 0.15) is 37.0 Å². The molecule has 1 N–H and O–H groups in total. The van der Waals surface area contributed by atoms with Crippen molar-refractivity contribution in [2.24, 2.45) is 0 Å². The maximum atomic E-state index is 12.2. The van der Waals surface area contributed by atoms with E-state index in [0.29, 0.717) is 28.3 Å². The van der Waals surface area contributed by atoms with Gasteiger partial charge in [-0.25, -0.2) is 9.97 Å². The molecule has 2 heterocycles. The van der Waals surface area contributed by atoms with Crippen molar-refractivity contribution in [2.45, 2.75) is 36.1 Å². The second-order valence-electron chi connectivity index (χ2n) is 6.24. The predicted octanol–water partition coefficient (Wildman–Crippen LogP) is 4.64. The Morgan fingerprint density at radius 3 is 2.89 bits per heavy atom. The Bertz CT molecular complexity index is 983. The second kappa shape index (κ2) is 8.98. The summed E-state index contributed by atoms with van der Waals surface area (Å²) in [5.74, 6) is 2.10. The highest BCUT2D eigenvalue weighted by molar-refractivity contribution is 8.00. The van der Waals surface area contributed by atoms with Gasteiger partial charge < -0.3 is 9.73 Å². The van der Waals surface area contributed by atoms with Gasteiger partial charge in [0.1, 0.15) is 5.76 Å². The van der Waals surface area contributed by atoms with E-state index in [1.807, 2.05) is 13.8 Å². The SMILES string of the molecule is CC(C)c1cnc(CSc2cnc(NC(=O)Cc3cccc([N+](=O)[O-])c3)s2)o1. The van der Waals surface area contributed by atoms with Gasteiger partial charge in [0.25, 0.3) is 5.69 Å². The molecular weight excluding hydrogens is 400 g/mol. The first-order valence-corrected chi connectivity index (χ1v) is 10.3. The smallest absolute Gasteiger partial charge is 0.269 e. The van der Waals surface area contributed by atoms with E-state index in [0.717, 1.165) is 9.97 Å². The van der Waals surface area contributed by atoms with Gasteiger partial charge in [0.15, 0.2) is 5.13 Å². The van der Waals surface area contributed by atoms with Gasteiger partial charge in [0.2, 0.25) is 11.8 Å². The summed E-state index contributed by atoms with van der Waals surface area (Å²) in [5.41, 5.74) is 0.535. The van der Waals surface area contributed by atoms with E-state index in [-0.39, 0.29) is 18.0 Å². The third-order valence-electron chi connectivity index (χ3n) is 3.70. The summed E-state index contributed by atoms with van der Waals surface area (Å²) in [7, 11) is 0. The Morgan fingerprint density at radius 2 is 2.18 bits per heavy atom. The molecule has 146 valence electrons. The highest BCUT2D eigenvalue weighted by Gasteiger charge is 2.12. The number of thioether (sulfide) groups is 1. The lowest BCUT2D eigenvalue weighted by molar-refractivity contribution is -0.384. The molecule has 0 saturated heterocycles. The van der Waals surface area contributed by atoms with Crippen molar-refractivity contribution in [3.05, 3.63) is 64.0 Å². The number of hydrogen-bond acceptors (Lipinski definition) is 8. The van der Waals surface area contributed by atoms with Crippen LogP contribution in [0.4, 0.5) is 10.8 Å². The molecule has 0 bridgehead atoms. The van der Waals surface area contributed by atoms with E-state index >= 15 is 0 Å². The van der Waals surface area contributed by atoms with Gasteiger partial charge in [-0.05, 0) is 5.56 Å². The molecule has 3 rings (SSSR count). The highest BCUT2D eigenvalue weighted by atomic mass is 32.2. The largest absolute Gasteiger partial charge is 0.445 e. The number of non-ortho nitro benzene ring substituents is 1. The number of anilines is 1. The fourth-order valence-corrected chi connectivity index (χ4v) is 4.05. The lowest BCUT2D eigenvalue weighted by atomic mass is 10.1. The maximum Gasteiger partial charge on any atom is 0.269 e. The lowest BCUT2D eigenvalue weighted by Gasteiger charge is -2.02. The molecular formula is C18H18N4O4S2. The first-order valence-electron chi connectivity index (χ1n) is 8.47. The predicted molar refractivity (Wildman–Crippen MR) is 108 cm³/mol. The standard InChI is InChI=1S/C18H18N4O4S2/c1-11(2)14-8-19-16(26-14)10-27-17-9-20-18(28-17)21-15(23)7-12-4-3-5-13(6-12)22(24)25/h3-6,8-9,11H,7,10H2,1-2H3,(H,20,21,23). The van der Waals surface area contributed by atoms with Crippen LogP contribution in [0.5, 0.6) is 0 Å². The van der Waals surface area contributed by atoms with E-state index in [2.05, 4.69) is 15.3 Å². The molecule has 0 saturated carbocycles. The summed E-state index contributed by atoms with van der Waals surface area (Å²) in [4.78, 5) is 31.0. The van der Waals surface area contributed by atoms with Gasteiger partial charge in [-0.1, -0.05) is 37.3 Å². The normalized spacial score (nSPS) is 11.0. The van der Waals surface area contributed by atoms with Crippen LogP contribution in [0.25, 0.3) is 0 Å². The van der Waals surface area contributed by atoms with E-state index in [4.69, 9.17) is 4.42 Å². The van der Waals surface area contributed by atoms with Crippen molar-refractivity contribution in [1.82, 2.24) is 9.97 Å². The Hall–Kier alpha value is -2.72. The first-order chi connectivity index (χ1) is 13.4. The topological polar surface area (TPSA) is 111 Å². The molecule has 28 heavy (non-hydrogen) atoms. The minimum atomic E-state index is -0.482. The molecule has 0 spiro atoms. The van der Waals surface area contributed by atoms with Crippen molar-refractivity contribution in [1.29, 1.82) is 0 Å². The van der Waals surface area contributed by atoms with Crippen molar-refractivity contribution in [3.8, 4) is 0 Å². The highest BCUT2D eigenvalue weighted by Crippen LogP contribution is 2.31. The number of nitrogens with zero attached hydrogens (tertiary/aromatic N) is 3. The van der Waals surface area contributed by atoms with Crippen LogP contribution in [0.2, 0.25) is 0 Å². The molecule has 3 aromatic rings. The number of carbonyl (C=O) groups excluding carboxylic acids is 1. The molecule has 0 radical (unpaired) electrons. The average molecular weight is 419 g/mol. The molecule has 10 heteroatoms. The van der Waals surface area contributed by atoms with Crippen LogP contribution in [0.15, 0.2) is 45.3 Å². The number of aromatic nitrogens is 2. The molecule has 0 unspecified atom stereocenters. The van der Waals surface area contributed by atoms with E-state index in [9.17, 15) is 14.9 Å². The number of benzene rings is 1. The molecule has 8 nitrogen and oxygen atoms in total. The van der Waals surface area contributed by atoms with Crippen molar-refractivity contribution < 1.29 is 14.1 Å². The third-order valence-corrected chi connectivity index (χ3v) is 5.79. The van der Waals surface area contributed by atoms with Gasteiger partial charge >= 0.3 is 0 Å². The number of rotatable bonds is 8. The summed E-state index contributed by atoms with van der Waals surface area (Å²) in [6, 6.07) is 6.03. The van der Waals surface area contributed by atoms with E-state index in [1.165, 1.54) is 35.2 Å². The molecule has 0 aliphatic carbocycles.